The number of hydrogen-bond acceptors (Lipinski definition) is 3. The third-order valence-corrected chi connectivity index (χ3v) is 3.98. The van der Waals surface area contributed by atoms with Crippen molar-refractivity contribution in [3.63, 3.8) is 0 Å². The SMILES string of the molecule is Cc1ccc(C(=O)NC(C)C)cc1NC(=O)Cc1cccs1. The first-order valence-electron chi connectivity index (χ1n) is 7.19. The number of hydrogen-bond donors (Lipinski definition) is 2. The Bertz CT molecular complexity index is 663. The average molecular weight is 316 g/mol. The van der Waals surface area contributed by atoms with Crippen LogP contribution in [0.1, 0.15) is 34.6 Å². The molecule has 0 aliphatic rings. The number of rotatable bonds is 5. The second-order valence-electron chi connectivity index (χ2n) is 5.46. The van der Waals surface area contributed by atoms with Crippen molar-refractivity contribution in [3.8, 4) is 0 Å². The van der Waals surface area contributed by atoms with Crippen molar-refractivity contribution in [2.45, 2.75) is 33.2 Å². The van der Waals surface area contributed by atoms with Crippen LogP contribution in [-0.2, 0) is 11.2 Å². The van der Waals surface area contributed by atoms with Gasteiger partial charge in [-0.15, -0.1) is 11.3 Å². The van der Waals surface area contributed by atoms with Crippen LogP contribution in [0.4, 0.5) is 5.69 Å². The van der Waals surface area contributed by atoms with Crippen LogP contribution in [0, 0.1) is 6.92 Å². The number of aryl methyl sites for hydroxylation is 1. The van der Waals surface area contributed by atoms with Gasteiger partial charge in [0, 0.05) is 22.2 Å². The van der Waals surface area contributed by atoms with Crippen LogP contribution in [0.3, 0.4) is 0 Å². The van der Waals surface area contributed by atoms with Crippen molar-refractivity contribution in [2.24, 2.45) is 0 Å². The molecule has 0 saturated heterocycles. The Labute approximate surface area is 134 Å². The van der Waals surface area contributed by atoms with E-state index in [1.807, 2.05) is 44.4 Å². The summed E-state index contributed by atoms with van der Waals surface area (Å²) in [6.07, 6.45) is 0.347. The Kier molecular flexibility index (Phi) is 5.33. The van der Waals surface area contributed by atoms with Crippen molar-refractivity contribution in [1.29, 1.82) is 0 Å². The van der Waals surface area contributed by atoms with Crippen LogP contribution >= 0.6 is 11.3 Å². The topological polar surface area (TPSA) is 58.2 Å². The molecule has 2 rings (SSSR count). The van der Waals surface area contributed by atoms with Crippen LogP contribution in [-0.4, -0.2) is 17.9 Å². The van der Waals surface area contributed by atoms with Crippen LogP contribution in [0.25, 0.3) is 0 Å². The maximum Gasteiger partial charge on any atom is 0.251 e. The standard InChI is InChI=1S/C17H20N2O2S/c1-11(2)18-17(21)13-7-6-12(3)15(9-13)19-16(20)10-14-5-4-8-22-14/h4-9,11H,10H2,1-3H3,(H,18,21)(H,19,20). The summed E-state index contributed by atoms with van der Waals surface area (Å²) in [5, 5.41) is 7.68. The van der Waals surface area contributed by atoms with Crippen molar-refractivity contribution >= 4 is 28.8 Å². The van der Waals surface area contributed by atoms with E-state index in [4.69, 9.17) is 0 Å². The van der Waals surface area contributed by atoms with Gasteiger partial charge in [-0.2, -0.15) is 0 Å². The number of carbonyl (C=O) groups is 2. The number of nitrogens with one attached hydrogen (secondary N) is 2. The van der Waals surface area contributed by atoms with Crippen molar-refractivity contribution < 1.29 is 9.59 Å². The Morgan fingerprint density at radius 3 is 2.64 bits per heavy atom. The van der Waals surface area contributed by atoms with Gasteiger partial charge >= 0.3 is 0 Å². The molecule has 2 aromatic rings. The molecule has 0 atom stereocenters. The average Bonchev–Trinajstić information content (AvgIpc) is 2.93. The molecule has 2 N–H and O–H groups in total. The van der Waals surface area contributed by atoms with Crippen molar-refractivity contribution in [2.75, 3.05) is 5.32 Å². The van der Waals surface area contributed by atoms with E-state index in [1.165, 1.54) is 0 Å². The molecule has 0 saturated carbocycles. The lowest BCUT2D eigenvalue weighted by Gasteiger charge is -2.12. The molecule has 0 aliphatic carbocycles. The highest BCUT2D eigenvalue weighted by Gasteiger charge is 2.11. The van der Waals surface area contributed by atoms with Gasteiger partial charge in [-0.05, 0) is 49.9 Å². The third kappa shape index (κ3) is 4.43. The van der Waals surface area contributed by atoms with E-state index in [2.05, 4.69) is 10.6 Å². The predicted molar refractivity (Wildman–Crippen MR) is 90.4 cm³/mol. The molecule has 2 amide bonds. The quantitative estimate of drug-likeness (QED) is 0.888. The lowest BCUT2D eigenvalue weighted by atomic mass is 10.1. The van der Waals surface area contributed by atoms with E-state index in [9.17, 15) is 9.59 Å². The first kappa shape index (κ1) is 16.2. The van der Waals surface area contributed by atoms with Gasteiger partial charge in [0.1, 0.15) is 0 Å². The third-order valence-electron chi connectivity index (χ3n) is 3.11. The number of anilines is 1. The molecule has 0 bridgehead atoms. The Morgan fingerprint density at radius 1 is 1.23 bits per heavy atom. The maximum absolute atomic E-state index is 12.1. The predicted octanol–water partition coefficient (Wildman–Crippen LogP) is 3.38. The lowest BCUT2D eigenvalue weighted by molar-refractivity contribution is -0.115. The van der Waals surface area contributed by atoms with Gasteiger partial charge in [-0.3, -0.25) is 9.59 Å². The van der Waals surface area contributed by atoms with E-state index >= 15 is 0 Å². The second-order valence-corrected chi connectivity index (χ2v) is 6.49. The van der Waals surface area contributed by atoms with Crippen molar-refractivity contribution in [3.05, 3.63) is 51.7 Å². The molecule has 0 aliphatic heterocycles. The summed E-state index contributed by atoms with van der Waals surface area (Å²) >= 11 is 1.56. The minimum atomic E-state index is -0.135. The van der Waals surface area contributed by atoms with Gasteiger partial charge < -0.3 is 10.6 Å². The molecule has 0 spiro atoms. The molecule has 0 radical (unpaired) electrons. The van der Waals surface area contributed by atoms with Crippen molar-refractivity contribution in [1.82, 2.24) is 5.32 Å². The summed E-state index contributed by atoms with van der Waals surface area (Å²) in [4.78, 5) is 25.1. The Morgan fingerprint density at radius 2 is 2.00 bits per heavy atom. The molecule has 0 unspecified atom stereocenters. The molecular weight excluding hydrogens is 296 g/mol. The molecule has 1 heterocycles. The Hall–Kier alpha value is -2.14. The Balaban J connectivity index is 2.09. The maximum atomic E-state index is 12.1. The zero-order valence-electron chi connectivity index (χ0n) is 13.0. The summed E-state index contributed by atoms with van der Waals surface area (Å²) in [7, 11) is 0. The van der Waals surface area contributed by atoms with Crippen LogP contribution in [0.2, 0.25) is 0 Å². The van der Waals surface area contributed by atoms with E-state index in [0.717, 1.165) is 10.4 Å². The summed E-state index contributed by atoms with van der Waals surface area (Å²) in [5.41, 5.74) is 2.16. The molecule has 116 valence electrons. The van der Waals surface area contributed by atoms with Gasteiger partial charge in [0.2, 0.25) is 5.91 Å². The largest absolute Gasteiger partial charge is 0.350 e. The molecule has 1 aromatic carbocycles. The molecule has 0 fully saturated rings. The van der Waals surface area contributed by atoms with Crippen LogP contribution < -0.4 is 10.6 Å². The molecule has 4 nitrogen and oxygen atoms in total. The summed E-state index contributed by atoms with van der Waals surface area (Å²) in [6.45, 7) is 5.73. The van der Waals surface area contributed by atoms with Gasteiger partial charge in [-0.1, -0.05) is 12.1 Å². The summed E-state index contributed by atoms with van der Waals surface area (Å²) in [5.74, 6) is -0.212. The van der Waals surface area contributed by atoms with E-state index < -0.39 is 0 Å². The highest BCUT2D eigenvalue weighted by Crippen LogP contribution is 2.18. The minimum absolute atomic E-state index is 0.0747. The van der Waals surface area contributed by atoms with Gasteiger partial charge in [0.15, 0.2) is 0 Å². The fraction of sp³-hybridized carbons (Fsp3) is 0.294. The minimum Gasteiger partial charge on any atom is -0.350 e. The lowest BCUT2D eigenvalue weighted by Crippen LogP contribution is -2.30. The number of thiophene rings is 1. The molecule has 1 aromatic heterocycles. The smallest absolute Gasteiger partial charge is 0.251 e. The molecule has 22 heavy (non-hydrogen) atoms. The fourth-order valence-corrected chi connectivity index (χ4v) is 2.71. The zero-order chi connectivity index (χ0) is 16.1. The van der Waals surface area contributed by atoms with E-state index in [1.54, 1.807) is 23.5 Å². The highest BCUT2D eigenvalue weighted by atomic mass is 32.1. The van der Waals surface area contributed by atoms with Gasteiger partial charge in [-0.25, -0.2) is 0 Å². The summed E-state index contributed by atoms with van der Waals surface area (Å²) in [6, 6.07) is 9.27. The number of carbonyl (C=O) groups excluding carboxylic acids is 2. The normalized spacial score (nSPS) is 10.5. The first-order valence-corrected chi connectivity index (χ1v) is 8.07. The van der Waals surface area contributed by atoms with Gasteiger partial charge in [0.25, 0.3) is 5.91 Å². The number of benzene rings is 1. The summed E-state index contributed by atoms with van der Waals surface area (Å²) < 4.78 is 0. The second kappa shape index (κ2) is 7.22. The molecule has 5 heteroatoms. The van der Waals surface area contributed by atoms with Crippen LogP contribution in [0.5, 0.6) is 0 Å². The van der Waals surface area contributed by atoms with Crippen LogP contribution in [0.15, 0.2) is 35.7 Å². The fourth-order valence-electron chi connectivity index (χ4n) is 2.01. The van der Waals surface area contributed by atoms with E-state index in [0.29, 0.717) is 17.7 Å². The molecular formula is C17H20N2O2S. The van der Waals surface area contributed by atoms with Gasteiger partial charge in [0.05, 0.1) is 6.42 Å². The number of amides is 2. The highest BCUT2D eigenvalue weighted by molar-refractivity contribution is 7.10. The monoisotopic (exact) mass is 316 g/mol. The first-order chi connectivity index (χ1) is 10.5. The van der Waals surface area contributed by atoms with E-state index in [-0.39, 0.29) is 17.9 Å². The zero-order valence-corrected chi connectivity index (χ0v) is 13.8.